The molecular weight excluding hydrogens is 307 g/mol. The third kappa shape index (κ3) is 8.01. The van der Waals surface area contributed by atoms with E-state index in [-0.39, 0.29) is 0 Å². The Morgan fingerprint density at radius 1 is 1.05 bits per heavy atom. The van der Waals surface area contributed by atoms with Crippen LogP contribution >= 0.6 is 0 Å². The van der Waals surface area contributed by atoms with Gasteiger partial charge in [-0.1, -0.05) is 19.8 Å². The van der Waals surface area contributed by atoms with Crippen molar-refractivity contribution < 1.29 is 30.6 Å². The molecule has 0 aromatic carbocycles. The van der Waals surface area contributed by atoms with Gasteiger partial charge in [-0.05, 0) is 19.8 Å². The summed E-state index contributed by atoms with van der Waals surface area (Å²) in [5, 5.41) is 0. The predicted molar refractivity (Wildman–Crippen MR) is 74.5 cm³/mol. The van der Waals surface area contributed by atoms with E-state index >= 15 is 0 Å². The molecule has 1 fully saturated rings. The van der Waals surface area contributed by atoms with Gasteiger partial charge in [0.05, 0.1) is 26.2 Å². The Kier molecular flexibility index (Phi) is 8.80. The molecule has 1 rings (SSSR count). The number of quaternary nitrogens is 1. The second-order valence-corrected chi connectivity index (χ2v) is 6.87. The maximum absolute atomic E-state index is 10.7. The number of rotatable bonds is 6. The average molecular weight is 333 g/mol. The van der Waals surface area contributed by atoms with E-state index in [1.54, 1.807) is 0 Å². The van der Waals surface area contributed by atoms with Crippen molar-refractivity contribution >= 4 is 10.1 Å². The maximum atomic E-state index is 10.7. The Bertz CT molecular complexity index is 377. The molecule has 1 aliphatic heterocycles. The third-order valence-corrected chi connectivity index (χ3v) is 4.52. The van der Waals surface area contributed by atoms with Gasteiger partial charge in [0.25, 0.3) is 0 Å². The van der Waals surface area contributed by atoms with Crippen molar-refractivity contribution in [2.45, 2.75) is 57.9 Å². The molecule has 0 bridgehead atoms. The van der Waals surface area contributed by atoms with Crippen LogP contribution in [-0.2, 0) is 10.1 Å². The largest absolute Gasteiger partial charge is 0.741 e. The van der Waals surface area contributed by atoms with Crippen molar-refractivity contribution in [2.24, 2.45) is 0 Å². The summed E-state index contributed by atoms with van der Waals surface area (Å²) in [7, 11) is -6.09. The maximum Gasteiger partial charge on any atom is 0.485 e. The fraction of sp³-hybridized carbons (Fsp3) is 1.00. The molecule has 21 heavy (non-hydrogen) atoms. The van der Waals surface area contributed by atoms with Crippen molar-refractivity contribution in [2.75, 3.05) is 26.2 Å². The summed E-state index contributed by atoms with van der Waals surface area (Å²) < 4.78 is 60.3. The summed E-state index contributed by atoms with van der Waals surface area (Å²) in [4.78, 5) is 0. The predicted octanol–water partition coefficient (Wildman–Crippen LogP) is 3.25. The van der Waals surface area contributed by atoms with Gasteiger partial charge in [0.1, 0.15) is 0 Å². The molecule has 0 radical (unpaired) electrons. The van der Waals surface area contributed by atoms with Gasteiger partial charge in [-0.2, -0.15) is 13.2 Å². The molecule has 0 N–H and O–H groups in total. The first-order valence-corrected chi connectivity index (χ1v) is 8.86. The van der Waals surface area contributed by atoms with Crippen LogP contribution in [0.4, 0.5) is 13.2 Å². The summed E-state index contributed by atoms with van der Waals surface area (Å²) in [6.07, 6.45) is 8.66. The summed E-state index contributed by atoms with van der Waals surface area (Å²) in [6, 6.07) is 0. The van der Waals surface area contributed by atoms with Crippen LogP contribution in [0.25, 0.3) is 0 Å². The van der Waals surface area contributed by atoms with E-state index in [0.717, 1.165) is 0 Å². The SMILES string of the molecule is CCCCCC[N+]1(CC)CCCC1.O=S(=O)([O-])C(F)(F)F. The fourth-order valence-corrected chi connectivity index (χ4v) is 2.58. The van der Waals surface area contributed by atoms with Gasteiger partial charge in [0.15, 0.2) is 10.1 Å². The summed E-state index contributed by atoms with van der Waals surface area (Å²) in [5.74, 6) is 0. The van der Waals surface area contributed by atoms with Crippen LogP contribution in [0.2, 0.25) is 0 Å². The number of halogens is 3. The van der Waals surface area contributed by atoms with Crippen LogP contribution in [0.1, 0.15) is 52.4 Å². The number of unbranched alkanes of at least 4 members (excludes halogenated alkanes) is 3. The third-order valence-electron chi connectivity index (χ3n) is 3.96. The number of likely N-dealkylation sites (tertiary alicyclic amines) is 1. The number of nitrogens with zero attached hydrogens (tertiary/aromatic N) is 1. The molecule has 0 aromatic heterocycles. The summed E-state index contributed by atoms with van der Waals surface area (Å²) in [5.41, 5.74) is -5.65. The van der Waals surface area contributed by atoms with Crippen molar-refractivity contribution in [1.29, 1.82) is 0 Å². The molecule has 0 saturated carbocycles. The van der Waals surface area contributed by atoms with Gasteiger partial charge in [-0.3, -0.25) is 0 Å². The number of hydrogen-bond donors (Lipinski definition) is 0. The molecule has 4 nitrogen and oxygen atoms in total. The zero-order chi connectivity index (χ0) is 16.6. The zero-order valence-corrected chi connectivity index (χ0v) is 13.6. The molecule has 0 unspecified atom stereocenters. The molecule has 0 spiro atoms. The highest BCUT2D eigenvalue weighted by molar-refractivity contribution is 7.86. The highest BCUT2D eigenvalue weighted by Crippen LogP contribution is 2.21. The minimum Gasteiger partial charge on any atom is -0.741 e. The van der Waals surface area contributed by atoms with E-state index in [2.05, 4.69) is 13.8 Å². The van der Waals surface area contributed by atoms with Gasteiger partial charge in [-0.25, -0.2) is 8.42 Å². The fourth-order valence-electron chi connectivity index (χ4n) is 2.58. The zero-order valence-electron chi connectivity index (χ0n) is 12.8. The van der Waals surface area contributed by atoms with E-state index in [1.165, 1.54) is 69.2 Å². The molecule has 0 amide bonds. The molecule has 128 valence electrons. The van der Waals surface area contributed by atoms with Crippen LogP contribution in [0.5, 0.6) is 0 Å². The topological polar surface area (TPSA) is 57.2 Å². The van der Waals surface area contributed by atoms with Crippen molar-refractivity contribution in [3.05, 3.63) is 0 Å². The minimum atomic E-state index is -6.09. The highest BCUT2D eigenvalue weighted by atomic mass is 32.2. The minimum absolute atomic E-state index is 1.37. The lowest BCUT2D eigenvalue weighted by Gasteiger charge is -2.33. The molecule has 1 heterocycles. The van der Waals surface area contributed by atoms with Crippen LogP contribution in [0.3, 0.4) is 0 Å². The van der Waals surface area contributed by atoms with Gasteiger partial charge >= 0.3 is 5.51 Å². The molecule has 0 atom stereocenters. The van der Waals surface area contributed by atoms with Gasteiger partial charge in [0.2, 0.25) is 0 Å². The quantitative estimate of drug-likeness (QED) is 0.324. The molecule has 0 aromatic rings. The van der Waals surface area contributed by atoms with E-state index in [4.69, 9.17) is 13.0 Å². The molecule has 1 saturated heterocycles. The van der Waals surface area contributed by atoms with Gasteiger partial charge in [-0.15, -0.1) is 0 Å². The van der Waals surface area contributed by atoms with Crippen LogP contribution < -0.4 is 0 Å². The normalized spacial score (nSPS) is 18.2. The summed E-state index contributed by atoms with van der Waals surface area (Å²) >= 11 is 0. The lowest BCUT2D eigenvalue weighted by Crippen LogP contribution is -2.45. The Labute approximate surface area is 125 Å². The Morgan fingerprint density at radius 2 is 1.52 bits per heavy atom. The van der Waals surface area contributed by atoms with E-state index in [0.29, 0.717) is 0 Å². The van der Waals surface area contributed by atoms with Crippen molar-refractivity contribution in [1.82, 2.24) is 0 Å². The van der Waals surface area contributed by atoms with E-state index < -0.39 is 15.6 Å². The lowest BCUT2D eigenvalue weighted by atomic mass is 10.2. The summed E-state index contributed by atoms with van der Waals surface area (Å²) in [6.45, 7) is 10.4. The first-order valence-electron chi connectivity index (χ1n) is 7.45. The average Bonchev–Trinajstić information content (AvgIpc) is 2.82. The Balaban J connectivity index is 0.000000433. The first kappa shape index (κ1) is 20.7. The molecule has 1 aliphatic rings. The monoisotopic (exact) mass is 333 g/mol. The van der Waals surface area contributed by atoms with E-state index in [9.17, 15) is 13.2 Å². The van der Waals surface area contributed by atoms with Crippen LogP contribution in [0.15, 0.2) is 0 Å². The van der Waals surface area contributed by atoms with Crippen LogP contribution in [-0.4, -0.2) is 49.1 Å². The smallest absolute Gasteiger partial charge is 0.485 e. The van der Waals surface area contributed by atoms with E-state index in [1.807, 2.05) is 0 Å². The molecule has 0 aliphatic carbocycles. The Hall–Kier alpha value is -0.340. The second kappa shape index (κ2) is 8.95. The van der Waals surface area contributed by atoms with Crippen molar-refractivity contribution in [3.63, 3.8) is 0 Å². The van der Waals surface area contributed by atoms with Crippen molar-refractivity contribution in [3.8, 4) is 0 Å². The number of hydrogen-bond acceptors (Lipinski definition) is 3. The molecular formula is C13H26F3NO3S. The van der Waals surface area contributed by atoms with Crippen LogP contribution in [0, 0.1) is 0 Å². The first-order chi connectivity index (χ1) is 9.58. The Morgan fingerprint density at radius 3 is 1.86 bits per heavy atom. The highest BCUT2D eigenvalue weighted by Gasteiger charge is 2.36. The van der Waals surface area contributed by atoms with Gasteiger partial charge in [0, 0.05) is 12.8 Å². The lowest BCUT2D eigenvalue weighted by molar-refractivity contribution is -0.915. The standard InChI is InChI=1S/C12H26N.CHF3O3S/c1-3-5-6-7-10-13(4-2)11-8-9-12-13;2-1(3,4)8(5,6)7/h3-12H2,1-2H3;(H,5,6,7)/q+1;/p-1. The molecule has 8 heteroatoms. The van der Waals surface area contributed by atoms with Gasteiger partial charge < -0.3 is 9.04 Å². The number of alkyl halides is 3. The second-order valence-electron chi connectivity index (χ2n) is 5.50.